The third-order valence-electron chi connectivity index (χ3n) is 2.46. The van der Waals surface area contributed by atoms with Crippen molar-refractivity contribution in [3.8, 4) is 0 Å². The van der Waals surface area contributed by atoms with E-state index in [-0.39, 0.29) is 30.7 Å². The fraction of sp³-hybridized carbons (Fsp3) is 0.154. The van der Waals surface area contributed by atoms with Crippen LogP contribution in [0, 0.1) is 0 Å². The first-order valence-corrected chi connectivity index (χ1v) is 5.76. The average Bonchev–Trinajstić information content (AvgIpc) is 2.39. The predicted molar refractivity (Wildman–Crippen MR) is 77.1 cm³/mol. The van der Waals surface area contributed by atoms with Crippen molar-refractivity contribution in [3.05, 3.63) is 42.1 Å². The number of fused-ring (bicyclic) bond motifs is 1. The third kappa shape index (κ3) is 4.77. The van der Waals surface area contributed by atoms with Crippen molar-refractivity contribution >= 4 is 35.4 Å². The summed E-state index contributed by atoms with van der Waals surface area (Å²) in [5, 5.41) is 4.96. The Morgan fingerprint density at radius 1 is 1.35 bits per heavy atom. The molecule has 1 aromatic carbocycles. The molecule has 0 aliphatic rings. The van der Waals surface area contributed by atoms with Crippen LogP contribution >= 0.6 is 12.4 Å². The lowest BCUT2D eigenvalue weighted by Crippen LogP contribution is -3.00. The first-order valence-electron chi connectivity index (χ1n) is 5.76. The van der Waals surface area contributed by atoms with E-state index in [1.165, 1.54) is 0 Å². The van der Waals surface area contributed by atoms with E-state index >= 15 is 0 Å². The molecular weight excluding hydrogens is 299 g/mol. The highest BCUT2D eigenvalue weighted by Gasteiger charge is 2.00. The molecule has 2 aromatic rings. The standard InChI is InChI=1S/C13H14N4O.2ClH/c14-7-6-12(18)17-16-9-11-4-1-3-10-5-2-8-15-13(10)11;;/h1-5,8-9H,6-7,14H2,(H,17,18);2*1H. The van der Waals surface area contributed by atoms with Gasteiger partial charge in [0.1, 0.15) is 0 Å². The van der Waals surface area contributed by atoms with Crippen LogP contribution in [-0.4, -0.2) is 23.7 Å². The van der Waals surface area contributed by atoms with Gasteiger partial charge in [0.05, 0.1) is 24.7 Å². The Morgan fingerprint density at radius 2 is 2.10 bits per heavy atom. The molecular formula is C13H16Cl2N4O. The van der Waals surface area contributed by atoms with Crippen LogP contribution in [0.25, 0.3) is 10.9 Å². The van der Waals surface area contributed by atoms with Crippen LogP contribution in [0.15, 0.2) is 41.6 Å². The number of benzene rings is 1. The average molecular weight is 315 g/mol. The molecule has 2 rings (SSSR count). The molecule has 0 fully saturated rings. The Morgan fingerprint density at radius 3 is 2.85 bits per heavy atom. The fourth-order valence-electron chi connectivity index (χ4n) is 1.62. The minimum absolute atomic E-state index is 0. The van der Waals surface area contributed by atoms with E-state index in [1.807, 2.05) is 30.3 Å². The second-order valence-corrected chi connectivity index (χ2v) is 3.82. The highest BCUT2D eigenvalue weighted by atomic mass is 35.5. The number of rotatable bonds is 4. The van der Waals surface area contributed by atoms with Crippen LogP contribution in [0.2, 0.25) is 0 Å². The molecule has 108 valence electrons. The lowest BCUT2D eigenvalue weighted by Gasteiger charge is -2.00. The molecule has 0 aliphatic heterocycles. The zero-order valence-electron chi connectivity index (χ0n) is 10.8. The van der Waals surface area contributed by atoms with E-state index in [0.717, 1.165) is 16.5 Å². The molecule has 1 aromatic heterocycles. The van der Waals surface area contributed by atoms with Crippen LogP contribution in [0.5, 0.6) is 0 Å². The van der Waals surface area contributed by atoms with Gasteiger partial charge in [-0.15, -0.1) is 12.4 Å². The van der Waals surface area contributed by atoms with E-state index in [0.29, 0.717) is 13.0 Å². The highest BCUT2D eigenvalue weighted by Crippen LogP contribution is 2.13. The number of hydrogen-bond acceptors (Lipinski definition) is 3. The SMILES string of the molecule is Cl.[Cl-].[NH3+]CCC(=O)NN=Cc1cccc2cccnc12. The van der Waals surface area contributed by atoms with Crippen molar-refractivity contribution in [2.24, 2.45) is 5.10 Å². The maximum atomic E-state index is 11.2. The number of hydrazone groups is 1. The molecule has 0 bridgehead atoms. The first kappa shape index (κ1) is 18.3. The lowest BCUT2D eigenvalue weighted by atomic mass is 10.1. The normalized spacial score (nSPS) is 9.85. The van der Waals surface area contributed by atoms with Gasteiger partial charge >= 0.3 is 0 Å². The molecule has 0 saturated carbocycles. The molecule has 0 saturated heterocycles. The number of hydrogen-bond donors (Lipinski definition) is 2. The summed E-state index contributed by atoms with van der Waals surface area (Å²) in [5.41, 5.74) is 7.82. The summed E-state index contributed by atoms with van der Waals surface area (Å²) in [7, 11) is 0. The summed E-state index contributed by atoms with van der Waals surface area (Å²) in [4.78, 5) is 15.5. The number of amides is 1. The smallest absolute Gasteiger partial charge is 0.245 e. The van der Waals surface area contributed by atoms with Gasteiger partial charge in [0.15, 0.2) is 0 Å². The number of aromatic nitrogens is 1. The van der Waals surface area contributed by atoms with Crippen LogP contribution in [0.4, 0.5) is 0 Å². The largest absolute Gasteiger partial charge is 1.00 e. The van der Waals surface area contributed by atoms with Gasteiger partial charge < -0.3 is 18.1 Å². The summed E-state index contributed by atoms with van der Waals surface area (Å²) in [5.74, 6) is -0.130. The van der Waals surface area contributed by atoms with Gasteiger partial charge in [0, 0.05) is 17.1 Å². The van der Waals surface area contributed by atoms with Crippen LogP contribution in [0.3, 0.4) is 0 Å². The number of halogens is 2. The van der Waals surface area contributed by atoms with E-state index in [2.05, 4.69) is 21.2 Å². The molecule has 0 unspecified atom stereocenters. The predicted octanol–water partition coefficient (Wildman–Crippen LogP) is -2.26. The van der Waals surface area contributed by atoms with E-state index in [9.17, 15) is 4.79 Å². The van der Waals surface area contributed by atoms with Crippen molar-refractivity contribution in [2.45, 2.75) is 6.42 Å². The first-order chi connectivity index (χ1) is 8.81. The molecule has 0 radical (unpaired) electrons. The molecule has 1 amide bonds. The van der Waals surface area contributed by atoms with Crippen molar-refractivity contribution in [3.63, 3.8) is 0 Å². The van der Waals surface area contributed by atoms with Crippen LogP contribution in [0.1, 0.15) is 12.0 Å². The quantitative estimate of drug-likeness (QED) is 0.493. The number of nitrogens with one attached hydrogen (secondary N) is 1. The van der Waals surface area contributed by atoms with E-state index in [1.54, 1.807) is 12.4 Å². The number of para-hydroxylation sites is 1. The minimum Gasteiger partial charge on any atom is -1.00 e. The summed E-state index contributed by atoms with van der Waals surface area (Å²) < 4.78 is 0. The molecule has 4 N–H and O–H groups in total. The second kappa shape index (κ2) is 9.25. The molecule has 20 heavy (non-hydrogen) atoms. The summed E-state index contributed by atoms with van der Waals surface area (Å²) in [6.45, 7) is 0.567. The zero-order valence-corrected chi connectivity index (χ0v) is 12.3. The number of carbonyl (C=O) groups is 1. The Hall–Kier alpha value is -1.69. The van der Waals surface area contributed by atoms with Crippen molar-refractivity contribution < 1.29 is 22.9 Å². The highest BCUT2D eigenvalue weighted by molar-refractivity contribution is 5.97. The van der Waals surface area contributed by atoms with Gasteiger partial charge in [-0.05, 0) is 6.07 Å². The summed E-state index contributed by atoms with van der Waals surface area (Å²) >= 11 is 0. The molecule has 5 nitrogen and oxygen atoms in total. The number of nitrogens with zero attached hydrogens (tertiary/aromatic N) is 2. The Balaban J connectivity index is 0.00000180. The molecule has 0 spiro atoms. The van der Waals surface area contributed by atoms with Crippen molar-refractivity contribution in [1.82, 2.24) is 10.4 Å². The number of quaternary nitrogens is 1. The molecule has 0 atom stereocenters. The van der Waals surface area contributed by atoms with E-state index in [4.69, 9.17) is 0 Å². The van der Waals surface area contributed by atoms with Crippen LogP contribution in [-0.2, 0) is 4.79 Å². The van der Waals surface area contributed by atoms with Gasteiger partial charge in [-0.2, -0.15) is 5.10 Å². The second-order valence-electron chi connectivity index (χ2n) is 3.82. The molecule has 7 heteroatoms. The van der Waals surface area contributed by atoms with Crippen molar-refractivity contribution in [2.75, 3.05) is 6.54 Å². The monoisotopic (exact) mass is 314 g/mol. The maximum Gasteiger partial charge on any atom is 0.245 e. The van der Waals surface area contributed by atoms with Gasteiger partial charge in [-0.3, -0.25) is 9.78 Å². The maximum absolute atomic E-state index is 11.2. The minimum atomic E-state index is -0.130. The topological polar surface area (TPSA) is 82.0 Å². The Bertz CT molecular complexity index is 584. The number of pyridine rings is 1. The zero-order chi connectivity index (χ0) is 12.8. The molecule has 1 heterocycles. The Labute approximate surface area is 129 Å². The van der Waals surface area contributed by atoms with Crippen LogP contribution < -0.4 is 23.6 Å². The fourth-order valence-corrected chi connectivity index (χ4v) is 1.62. The van der Waals surface area contributed by atoms with Crippen molar-refractivity contribution in [1.29, 1.82) is 0 Å². The lowest BCUT2D eigenvalue weighted by molar-refractivity contribution is -0.366. The van der Waals surface area contributed by atoms with Gasteiger partial charge in [-0.1, -0.05) is 24.3 Å². The summed E-state index contributed by atoms with van der Waals surface area (Å²) in [6, 6.07) is 9.71. The van der Waals surface area contributed by atoms with E-state index < -0.39 is 0 Å². The van der Waals surface area contributed by atoms with Gasteiger partial charge in [0.2, 0.25) is 5.91 Å². The Kier molecular flexibility index (Phi) is 8.47. The van der Waals surface area contributed by atoms with Gasteiger partial charge in [0.25, 0.3) is 0 Å². The summed E-state index contributed by atoms with van der Waals surface area (Å²) in [6.07, 6.45) is 3.72. The molecule has 0 aliphatic carbocycles. The van der Waals surface area contributed by atoms with Gasteiger partial charge in [-0.25, -0.2) is 5.43 Å². The number of carbonyl (C=O) groups excluding carboxylic acids is 1. The third-order valence-corrected chi connectivity index (χ3v) is 2.46.